The van der Waals surface area contributed by atoms with Crippen molar-refractivity contribution in [1.82, 2.24) is 0 Å². The molecule has 2 aromatic rings. The highest BCUT2D eigenvalue weighted by Crippen LogP contribution is 2.54. The van der Waals surface area contributed by atoms with E-state index in [2.05, 4.69) is 0 Å². The van der Waals surface area contributed by atoms with Crippen LogP contribution in [0.15, 0.2) is 16.5 Å². The van der Waals surface area contributed by atoms with Gasteiger partial charge in [-0.1, -0.05) is 0 Å². The Kier molecular flexibility index (Phi) is 2.43. The minimum Gasteiger partial charge on any atom is -0.507 e. The first kappa shape index (κ1) is 14.5. The first-order valence-electron chi connectivity index (χ1n) is 8.14. The SMILES string of the molecule is Cc1cc2c(o1)C(=O)c1c(c(O)cc3c1C1CCC3(C)C(=O)O1)C2=O. The van der Waals surface area contributed by atoms with Gasteiger partial charge in [0.15, 0.2) is 5.76 Å². The maximum Gasteiger partial charge on any atom is 0.316 e. The van der Waals surface area contributed by atoms with E-state index in [1.165, 1.54) is 12.1 Å². The average Bonchev–Trinajstić information content (AvgIpc) is 2.96. The van der Waals surface area contributed by atoms with Crippen LogP contribution in [0.25, 0.3) is 0 Å². The number of esters is 1. The van der Waals surface area contributed by atoms with Gasteiger partial charge >= 0.3 is 5.97 Å². The second-order valence-corrected chi connectivity index (χ2v) is 7.13. The lowest BCUT2D eigenvalue weighted by Gasteiger charge is -2.45. The molecule has 0 saturated carbocycles. The largest absolute Gasteiger partial charge is 0.507 e. The fourth-order valence-electron chi connectivity index (χ4n) is 4.33. The third-order valence-electron chi connectivity index (χ3n) is 5.63. The van der Waals surface area contributed by atoms with Crippen molar-refractivity contribution < 1.29 is 28.6 Å². The topological polar surface area (TPSA) is 93.8 Å². The number of rotatable bonds is 0. The molecule has 1 aromatic carbocycles. The minimum absolute atomic E-state index is 0.0132. The Morgan fingerprint density at radius 2 is 1.92 bits per heavy atom. The van der Waals surface area contributed by atoms with Crippen LogP contribution in [0.3, 0.4) is 0 Å². The van der Waals surface area contributed by atoms with Crippen molar-refractivity contribution in [3.05, 3.63) is 51.5 Å². The van der Waals surface area contributed by atoms with Gasteiger partial charge in [-0.3, -0.25) is 14.4 Å². The van der Waals surface area contributed by atoms with Crippen LogP contribution < -0.4 is 0 Å². The molecule has 1 N–H and O–H groups in total. The molecular formula is C19H14O6. The summed E-state index contributed by atoms with van der Waals surface area (Å²) in [6, 6.07) is 2.95. The van der Waals surface area contributed by atoms with Gasteiger partial charge in [-0.05, 0) is 44.4 Å². The number of benzene rings is 1. The fraction of sp³-hybridized carbons (Fsp3) is 0.316. The molecule has 2 atom stereocenters. The summed E-state index contributed by atoms with van der Waals surface area (Å²) >= 11 is 0. The Labute approximate surface area is 142 Å². The molecule has 0 amide bonds. The summed E-state index contributed by atoms with van der Waals surface area (Å²) in [7, 11) is 0. The van der Waals surface area contributed by atoms with Crippen molar-refractivity contribution in [2.45, 2.75) is 38.2 Å². The highest BCUT2D eigenvalue weighted by Gasteiger charge is 2.53. The van der Waals surface area contributed by atoms with Gasteiger partial charge < -0.3 is 14.3 Å². The van der Waals surface area contributed by atoms with Gasteiger partial charge in [0.25, 0.3) is 0 Å². The molecule has 2 unspecified atom stereocenters. The molecule has 0 spiro atoms. The van der Waals surface area contributed by atoms with E-state index in [-0.39, 0.29) is 34.2 Å². The van der Waals surface area contributed by atoms with Crippen LogP contribution in [0.5, 0.6) is 5.75 Å². The number of aromatic hydroxyl groups is 1. The number of hydrogen-bond donors (Lipinski definition) is 1. The predicted molar refractivity (Wildman–Crippen MR) is 83.8 cm³/mol. The Morgan fingerprint density at radius 3 is 2.64 bits per heavy atom. The van der Waals surface area contributed by atoms with E-state index in [4.69, 9.17) is 9.15 Å². The first-order chi connectivity index (χ1) is 11.8. The van der Waals surface area contributed by atoms with Crippen molar-refractivity contribution >= 4 is 17.5 Å². The van der Waals surface area contributed by atoms with Crippen LogP contribution in [0.4, 0.5) is 0 Å². The maximum absolute atomic E-state index is 13.1. The molecule has 0 radical (unpaired) electrons. The number of carbonyl (C=O) groups is 3. The van der Waals surface area contributed by atoms with Crippen LogP contribution in [0.1, 0.15) is 74.8 Å². The van der Waals surface area contributed by atoms with E-state index in [1.807, 2.05) is 0 Å². The average molecular weight is 338 g/mol. The Morgan fingerprint density at radius 1 is 1.16 bits per heavy atom. The number of furan rings is 1. The molecule has 6 heteroatoms. The summed E-state index contributed by atoms with van der Waals surface area (Å²) in [5.41, 5.74) is 0.450. The van der Waals surface area contributed by atoms with Crippen LogP contribution in [-0.2, 0) is 14.9 Å². The van der Waals surface area contributed by atoms with E-state index in [0.717, 1.165) is 0 Å². The summed E-state index contributed by atoms with van der Waals surface area (Å²) in [5.74, 6) is -1.09. The summed E-state index contributed by atoms with van der Waals surface area (Å²) in [6.45, 7) is 3.40. The van der Waals surface area contributed by atoms with Crippen molar-refractivity contribution in [3.63, 3.8) is 0 Å². The third kappa shape index (κ3) is 1.52. The Bertz CT molecular complexity index is 1030. The summed E-state index contributed by atoms with van der Waals surface area (Å²) in [5, 5.41) is 10.5. The highest BCUT2D eigenvalue weighted by atomic mass is 16.5. The van der Waals surface area contributed by atoms with Gasteiger partial charge in [0.05, 0.1) is 16.5 Å². The van der Waals surface area contributed by atoms with Crippen LogP contribution >= 0.6 is 0 Å². The predicted octanol–water partition coefficient (Wildman–Crippen LogP) is 2.72. The molecule has 3 heterocycles. The van der Waals surface area contributed by atoms with Crippen molar-refractivity contribution in [2.24, 2.45) is 0 Å². The molecule has 1 aromatic heterocycles. The number of ether oxygens (including phenoxy) is 1. The quantitative estimate of drug-likeness (QED) is 0.634. The molecule has 126 valence electrons. The van der Waals surface area contributed by atoms with Gasteiger partial charge in [0.2, 0.25) is 11.6 Å². The summed E-state index contributed by atoms with van der Waals surface area (Å²) in [6.07, 6.45) is 0.584. The second kappa shape index (κ2) is 4.20. The number of aryl methyl sites for hydroxylation is 1. The molecule has 6 rings (SSSR count). The van der Waals surface area contributed by atoms with E-state index in [0.29, 0.717) is 29.7 Å². The van der Waals surface area contributed by atoms with Gasteiger partial charge in [0.1, 0.15) is 17.6 Å². The molecular weight excluding hydrogens is 324 g/mol. The molecule has 2 bridgehead atoms. The molecule has 2 aliphatic heterocycles. The minimum atomic E-state index is -0.917. The zero-order valence-corrected chi connectivity index (χ0v) is 13.6. The molecule has 2 aliphatic carbocycles. The smallest absolute Gasteiger partial charge is 0.316 e. The summed E-state index contributed by atoms with van der Waals surface area (Å²) < 4.78 is 10.9. The van der Waals surface area contributed by atoms with Crippen LogP contribution in [0.2, 0.25) is 0 Å². The van der Waals surface area contributed by atoms with E-state index < -0.39 is 23.1 Å². The fourth-order valence-corrected chi connectivity index (χ4v) is 4.33. The molecule has 1 fully saturated rings. The van der Waals surface area contributed by atoms with Crippen molar-refractivity contribution in [1.29, 1.82) is 0 Å². The van der Waals surface area contributed by atoms with Crippen LogP contribution in [-0.4, -0.2) is 22.6 Å². The number of hydrogen-bond acceptors (Lipinski definition) is 6. The van der Waals surface area contributed by atoms with Gasteiger partial charge in [0, 0.05) is 11.1 Å². The van der Waals surface area contributed by atoms with Gasteiger partial charge in [-0.15, -0.1) is 0 Å². The third-order valence-corrected chi connectivity index (χ3v) is 5.63. The normalized spacial score (nSPS) is 26.2. The van der Waals surface area contributed by atoms with Crippen LogP contribution in [0, 0.1) is 6.92 Å². The maximum atomic E-state index is 13.1. The van der Waals surface area contributed by atoms with E-state index in [9.17, 15) is 19.5 Å². The first-order valence-corrected chi connectivity index (χ1v) is 8.14. The summed E-state index contributed by atoms with van der Waals surface area (Å²) in [4.78, 5) is 38.2. The standard InChI is InChI=1S/C19H14O6/c1-7-5-8-15(21)13-10(20)6-9-12(14(13)16(22)17(8)24-7)11-3-4-19(9,2)18(23)25-11/h5-6,11,20H,3-4H2,1-2H3. The number of ketones is 2. The zero-order chi connectivity index (χ0) is 17.7. The van der Waals surface area contributed by atoms with Gasteiger partial charge in [-0.25, -0.2) is 0 Å². The highest BCUT2D eigenvalue weighted by molar-refractivity contribution is 6.29. The molecule has 4 aliphatic rings. The Balaban J connectivity index is 1.88. The number of fused-ring (bicyclic) bond motifs is 4. The molecule has 1 saturated heterocycles. The lowest BCUT2D eigenvalue weighted by Crippen LogP contribution is -2.46. The lowest BCUT2D eigenvalue weighted by atomic mass is 9.65. The van der Waals surface area contributed by atoms with E-state index >= 15 is 0 Å². The monoisotopic (exact) mass is 338 g/mol. The number of phenolic OH excluding ortho intramolecular Hbond substituents is 1. The lowest BCUT2D eigenvalue weighted by molar-refractivity contribution is -0.166. The molecule has 6 nitrogen and oxygen atoms in total. The van der Waals surface area contributed by atoms with Crippen molar-refractivity contribution in [2.75, 3.05) is 0 Å². The number of phenols is 1. The Hall–Kier alpha value is -2.89. The number of carbonyl (C=O) groups excluding carboxylic acids is 3. The van der Waals surface area contributed by atoms with Crippen molar-refractivity contribution in [3.8, 4) is 5.75 Å². The zero-order valence-electron chi connectivity index (χ0n) is 13.6. The second-order valence-electron chi connectivity index (χ2n) is 7.13. The molecule has 25 heavy (non-hydrogen) atoms. The van der Waals surface area contributed by atoms with Gasteiger partial charge in [-0.2, -0.15) is 0 Å². The van der Waals surface area contributed by atoms with E-state index in [1.54, 1.807) is 13.8 Å².